The summed E-state index contributed by atoms with van der Waals surface area (Å²) < 4.78 is 0. The van der Waals surface area contributed by atoms with Gasteiger partial charge in [0.05, 0.1) is 11.7 Å². The molecule has 1 rings (SSSR count). The average Bonchev–Trinajstić information content (AvgIpc) is 2.34. The van der Waals surface area contributed by atoms with Crippen molar-refractivity contribution in [3.05, 3.63) is 29.6 Å². The summed E-state index contributed by atoms with van der Waals surface area (Å²) in [6.45, 7) is 6.02. The number of nitrogens with zero attached hydrogens (tertiary/aromatic N) is 1. The highest BCUT2D eigenvalue weighted by atomic mass is 16.2. The van der Waals surface area contributed by atoms with Gasteiger partial charge < -0.3 is 16.0 Å². The Kier molecular flexibility index (Phi) is 5.78. The minimum atomic E-state index is -0.277. The first-order valence-electron chi connectivity index (χ1n) is 6.21. The van der Waals surface area contributed by atoms with E-state index in [0.29, 0.717) is 13.1 Å². The lowest BCUT2D eigenvalue weighted by Gasteiger charge is -2.14. The van der Waals surface area contributed by atoms with E-state index >= 15 is 0 Å². The van der Waals surface area contributed by atoms with E-state index in [-0.39, 0.29) is 18.0 Å². The highest BCUT2D eigenvalue weighted by molar-refractivity contribution is 5.75. The molecule has 6 nitrogen and oxygen atoms in total. The monoisotopic (exact) mass is 264 g/mol. The van der Waals surface area contributed by atoms with E-state index in [9.17, 15) is 9.59 Å². The highest BCUT2D eigenvalue weighted by Gasteiger charge is 2.09. The minimum Gasteiger partial charge on any atom is -0.355 e. The molecule has 3 amide bonds. The molecule has 0 aliphatic rings. The van der Waals surface area contributed by atoms with Gasteiger partial charge in [0.15, 0.2) is 0 Å². The van der Waals surface area contributed by atoms with Gasteiger partial charge in [-0.2, -0.15) is 0 Å². The Morgan fingerprint density at radius 3 is 2.58 bits per heavy atom. The van der Waals surface area contributed by atoms with Crippen LogP contribution in [0.2, 0.25) is 0 Å². The van der Waals surface area contributed by atoms with Crippen molar-refractivity contribution in [2.75, 3.05) is 13.1 Å². The Hall–Kier alpha value is -2.11. The molecular weight excluding hydrogens is 244 g/mol. The van der Waals surface area contributed by atoms with E-state index in [1.54, 1.807) is 0 Å². The summed E-state index contributed by atoms with van der Waals surface area (Å²) in [4.78, 5) is 26.6. The Bertz CT molecular complexity index is 448. The van der Waals surface area contributed by atoms with E-state index in [0.717, 1.165) is 11.4 Å². The Morgan fingerprint density at radius 2 is 1.95 bits per heavy atom. The number of urea groups is 1. The van der Waals surface area contributed by atoms with E-state index in [1.165, 1.54) is 6.92 Å². The molecule has 19 heavy (non-hydrogen) atoms. The number of hydrogen-bond donors (Lipinski definition) is 3. The molecule has 0 radical (unpaired) electrons. The van der Waals surface area contributed by atoms with E-state index in [2.05, 4.69) is 20.9 Å². The molecule has 1 aromatic rings. The average molecular weight is 264 g/mol. The standard InChI is InChI=1S/C13H20N4O2/c1-9-5-4-6-12(16-9)10(2)17-13(19)15-8-7-14-11(3)18/h4-6,10H,7-8H2,1-3H3,(H,14,18)(H2,15,17,19). The Labute approximate surface area is 113 Å². The van der Waals surface area contributed by atoms with E-state index in [4.69, 9.17) is 0 Å². The number of carbonyl (C=O) groups is 2. The maximum absolute atomic E-state index is 11.6. The lowest BCUT2D eigenvalue weighted by atomic mass is 10.2. The molecule has 1 unspecified atom stereocenters. The van der Waals surface area contributed by atoms with Crippen LogP contribution in [0.15, 0.2) is 18.2 Å². The lowest BCUT2D eigenvalue weighted by molar-refractivity contribution is -0.118. The van der Waals surface area contributed by atoms with Gasteiger partial charge in [0, 0.05) is 25.7 Å². The summed E-state index contributed by atoms with van der Waals surface area (Å²) in [5, 5.41) is 8.05. The van der Waals surface area contributed by atoms with Crippen LogP contribution >= 0.6 is 0 Å². The van der Waals surface area contributed by atoms with Crippen LogP contribution in [0.3, 0.4) is 0 Å². The number of aryl methyl sites for hydroxylation is 1. The summed E-state index contributed by atoms with van der Waals surface area (Å²) in [7, 11) is 0. The molecule has 0 aliphatic heterocycles. The first-order valence-corrected chi connectivity index (χ1v) is 6.21. The first kappa shape index (κ1) is 14.9. The van der Waals surface area contributed by atoms with Crippen molar-refractivity contribution in [1.29, 1.82) is 0 Å². The normalized spacial score (nSPS) is 11.5. The molecule has 104 valence electrons. The summed E-state index contributed by atoms with van der Waals surface area (Å²) >= 11 is 0. The lowest BCUT2D eigenvalue weighted by Crippen LogP contribution is -2.41. The van der Waals surface area contributed by atoms with Crippen LogP contribution < -0.4 is 16.0 Å². The maximum Gasteiger partial charge on any atom is 0.315 e. The number of aromatic nitrogens is 1. The number of carbonyl (C=O) groups excluding carboxylic acids is 2. The summed E-state index contributed by atoms with van der Waals surface area (Å²) in [5.41, 5.74) is 1.73. The van der Waals surface area contributed by atoms with Gasteiger partial charge in [-0.1, -0.05) is 6.07 Å². The highest BCUT2D eigenvalue weighted by Crippen LogP contribution is 2.09. The first-order chi connectivity index (χ1) is 8.99. The zero-order valence-electron chi connectivity index (χ0n) is 11.5. The molecule has 1 aromatic heterocycles. The molecule has 0 fully saturated rings. The van der Waals surface area contributed by atoms with Crippen molar-refractivity contribution < 1.29 is 9.59 Å². The van der Waals surface area contributed by atoms with E-state index in [1.807, 2.05) is 32.0 Å². The molecule has 3 N–H and O–H groups in total. The molecule has 0 aliphatic carbocycles. The zero-order valence-corrected chi connectivity index (χ0v) is 11.5. The fourth-order valence-electron chi connectivity index (χ4n) is 1.54. The Morgan fingerprint density at radius 1 is 1.26 bits per heavy atom. The molecule has 1 heterocycles. The maximum atomic E-state index is 11.6. The van der Waals surface area contributed by atoms with Gasteiger partial charge in [-0.25, -0.2) is 4.79 Å². The van der Waals surface area contributed by atoms with Crippen LogP contribution in [0.5, 0.6) is 0 Å². The Balaban J connectivity index is 2.34. The second kappa shape index (κ2) is 7.35. The van der Waals surface area contributed by atoms with E-state index < -0.39 is 0 Å². The van der Waals surface area contributed by atoms with Gasteiger partial charge in [0.25, 0.3) is 0 Å². The van der Waals surface area contributed by atoms with Gasteiger partial charge in [0.1, 0.15) is 0 Å². The molecule has 0 saturated carbocycles. The summed E-state index contributed by atoms with van der Waals surface area (Å²) in [6, 6.07) is 5.24. The molecule has 6 heteroatoms. The van der Waals surface area contributed by atoms with Gasteiger partial charge in [-0.15, -0.1) is 0 Å². The quantitative estimate of drug-likeness (QED) is 0.691. The fraction of sp³-hybridized carbons (Fsp3) is 0.462. The molecule has 0 bridgehead atoms. The van der Waals surface area contributed by atoms with Gasteiger partial charge in [-0.3, -0.25) is 9.78 Å². The number of nitrogens with one attached hydrogen (secondary N) is 3. The van der Waals surface area contributed by atoms with Crippen LogP contribution in [0.25, 0.3) is 0 Å². The van der Waals surface area contributed by atoms with Crippen molar-refractivity contribution in [2.45, 2.75) is 26.8 Å². The summed E-state index contributed by atoms with van der Waals surface area (Å²) in [5.74, 6) is -0.112. The second-order valence-corrected chi connectivity index (χ2v) is 4.31. The van der Waals surface area contributed by atoms with Crippen molar-refractivity contribution in [1.82, 2.24) is 20.9 Å². The molecule has 1 atom stereocenters. The SMILES string of the molecule is CC(=O)NCCNC(=O)NC(C)c1cccc(C)n1. The fourth-order valence-corrected chi connectivity index (χ4v) is 1.54. The molecule has 0 spiro atoms. The van der Waals surface area contributed by atoms with Gasteiger partial charge in [0.2, 0.25) is 5.91 Å². The van der Waals surface area contributed by atoms with Crippen LogP contribution in [-0.2, 0) is 4.79 Å². The minimum absolute atomic E-state index is 0.112. The zero-order chi connectivity index (χ0) is 14.3. The number of hydrogen-bond acceptors (Lipinski definition) is 3. The van der Waals surface area contributed by atoms with Crippen molar-refractivity contribution in [3.8, 4) is 0 Å². The van der Waals surface area contributed by atoms with Crippen molar-refractivity contribution >= 4 is 11.9 Å². The van der Waals surface area contributed by atoms with Crippen molar-refractivity contribution in [2.24, 2.45) is 0 Å². The van der Waals surface area contributed by atoms with Crippen LogP contribution in [-0.4, -0.2) is 30.0 Å². The van der Waals surface area contributed by atoms with Crippen LogP contribution in [0.4, 0.5) is 4.79 Å². The van der Waals surface area contributed by atoms with Crippen LogP contribution in [0.1, 0.15) is 31.3 Å². The topological polar surface area (TPSA) is 83.1 Å². The number of pyridine rings is 1. The van der Waals surface area contributed by atoms with Crippen molar-refractivity contribution in [3.63, 3.8) is 0 Å². The van der Waals surface area contributed by atoms with Crippen LogP contribution in [0, 0.1) is 6.92 Å². The third-order valence-electron chi connectivity index (χ3n) is 2.49. The second-order valence-electron chi connectivity index (χ2n) is 4.31. The predicted octanol–water partition coefficient (Wildman–Crippen LogP) is 0.886. The molecule has 0 aromatic carbocycles. The smallest absolute Gasteiger partial charge is 0.315 e. The third-order valence-corrected chi connectivity index (χ3v) is 2.49. The largest absolute Gasteiger partial charge is 0.355 e. The molecular formula is C13H20N4O2. The predicted molar refractivity (Wildman–Crippen MR) is 72.6 cm³/mol. The van der Waals surface area contributed by atoms with Gasteiger partial charge in [-0.05, 0) is 26.0 Å². The third kappa shape index (κ3) is 5.85. The number of rotatable bonds is 5. The molecule has 0 saturated heterocycles. The number of amides is 3. The van der Waals surface area contributed by atoms with Gasteiger partial charge >= 0.3 is 6.03 Å². The summed E-state index contributed by atoms with van der Waals surface area (Å²) in [6.07, 6.45) is 0.